The lowest BCUT2D eigenvalue weighted by Gasteiger charge is -2.08. The molecule has 2 unspecified atom stereocenters. The van der Waals surface area contributed by atoms with Gasteiger partial charge in [0.05, 0.1) is 0 Å². The van der Waals surface area contributed by atoms with Gasteiger partial charge >= 0.3 is 0 Å². The molecule has 0 rings (SSSR count). The van der Waals surface area contributed by atoms with Crippen LogP contribution < -0.4 is 0 Å². The number of rotatable bonds is 2. The predicted molar refractivity (Wildman–Crippen MR) is 42.8 cm³/mol. The van der Waals surface area contributed by atoms with Gasteiger partial charge in [-0.25, -0.2) is 0 Å². The number of hydrogen-bond acceptors (Lipinski definition) is 4. The maximum Gasteiger partial charge on any atom is 0.278 e. The SMILES string of the molecule is CC(S)C(S)S(=O)(=O)O. The topological polar surface area (TPSA) is 54.4 Å². The molecule has 0 amide bonds. The van der Waals surface area contributed by atoms with E-state index < -0.39 is 20.0 Å². The summed E-state index contributed by atoms with van der Waals surface area (Å²) < 4.78 is 27.6. The molecule has 0 radical (unpaired) electrons. The third kappa shape index (κ3) is 3.34. The zero-order valence-electron chi connectivity index (χ0n) is 4.72. The van der Waals surface area contributed by atoms with Crippen LogP contribution in [-0.2, 0) is 10.1 Å². The molecule has 6 heteroatoms. The van der Waals surface area contributed by atoms with Crippen LogP contribution in [0.4, 0.5) is 0 Å². The van der Waals surface area contributed by atoms with Crippen LogP contribution >= 0.6 is 25.3 Å². The van der Waals surface area contributed by atoms with Crippen molar-refractivity contribution in [3.63, 3.8) is 0 Å². The molecular weight excluding hydrogens is 180 g/mol. The molecule has 0 aliphatic rings. The zero-order valence-corrected chi connectivity index (χ0v) is 7.33. The van der Waals surface area contributed by atoms with E-state index in [2.05, 4.69) is 25.3 Å². The van der Waals surface area contributed by atoms with Gasteiger partial charge in [0.1, 0.15) is 4.58 Å². The second kappa shape index (κ2) is 3.14. The molecule has 0 aromatic carbocycles. The smallest absolute Gasteiger partial charge is 0.278 e. The first-order valence-electron chi connectivity index (χ1n) is 2.18. The molecule has 0 saturated heterocycles. The summed E-state index contributed by atoms with van der Waals surface area (Å²) in [6.07, 6.45) is 0. The lowest BCUT2D eigenvalue weighted by Crippen LogP contribution is -2.22. The van der Waals surface area contributed by atoms with Gasteiger partial charge < -0.3 is 0 Å². The molecule has 0 aliphatic heterocycles. The van der Waals surface area contributed by atoms with Crippen molar-refractivity contribution in [3.8, 4) is 0 Å². The van der Waals surface area contributed by atoms with E-state index in [1.54, 1.807) is 0 Å². The Balaban J connectivity index is 4.24. The molecular formula is C3H8O3S3. The Morgan fingerprint density at radius 1 is 1.44 bits per heavy atom. The maximum absolute atomic E-state index is 10.2. The highest BCUT2D eigenvalue weighted by molar-refractivity contribution is 8.03. The minimum Gasteiger partial charge on any atom is -0.285 e. The van der Waals surface area contributed by atoms with Crippen molar-refractivity contribution >= 4 is 35.4 Å². The average molecular weight is 188 g/mol. The van der Waals surface area contributed by atoms with Crippen LogP contribution in [0.3, 0.4) is 0 Å². The summed E-state index contributed by atoms with van der Waals surface area (Å²) in [5, 5.41) is -0.469. The fraction of sp³-hybridized carbons (Fsp3) is 1.00. The van der Waals surface area contributed by atoms with Gasteiger partial charge in [-0.15, -0.1) is 0 Å². The fourth-order valence-electron chi connectivity index (χ4n) is 0.249. The van der Waals surface area contributed by atoms with Crippen molar-refractivity contribution in [2.24, 2.45) is 0 Å². The summed E-state index contributed by atoms with van der Waals surface area (Å²) >= 11 is 7.36. The van der Waals surface area contributed by atoms with E-state index in [1.165, 1.54) is 6.92 Å². The molecule has 0 bridgehead atoms. The van der Waals surface area contributed by atoms with Crippen LogP contribution in [0.2, 0.25) is 0 Å². The van der Waals surface area contributed by atoms with Crippen LogP contribution in [0.5, 0.6) is 0 Å². The Hall–Kier alpha value is 0.610. The molecule has 9 heavy (non-hydrogen) atoms. The minimum absolute atomic E-state index is 0.469. The van der Waals surface area contributed by atoms with Gasteiger partial charge in [-0.3, -0.25) is 4.55 Å². The highest BCUT2D eigenvalue weighted by Gasteiger charge is 2.22. The zero-order chi connectivity index (χ0) is 7.65. The normalized spacial score (nSPS) is 19.1. The molecule has 0 aliphatic carbocycles. The molecule has 0 spiro atoms. The van der Waals surface area contributed by atoms with E-state index in [4.69, 9.17) is 4.55 Å². The van der Waals surface area contributed by atoms with Gasteiger partial charge in [-0.1, -0.05) is 6.92 Å². The van der Waals surface area contributed by atoms with Crippen molar-refractivity contribution in [1.82, 2.24) is 0 Å². The second-order valence-corrected chi connectivity index (χ2v) is 4.90. The van der Waals surface area contributed by atoms with Crippen molar-refractivity contribution in [1.29, 1.82) is 0 Å². The highest BCUT2D eigenvalue weighted by Crippen LogP contribution is 2.12. The van der Waals surface area contributed by atoms with Gasteiger partial charge in [0.2, 0.25) is 0 Å². The summed E-state index contributed by atoms with van der Waals surface area (Å²) in [5.41, 5.74) is 0. The van der Waals surface area contributed by atoms with E-state index in [1.807, 2.05) is 0 Å². The van der Waals surface area contributed by atoms with Crippen molar-refractivity contribution in [3.05, 3.63) is 0 Å². The van der Waals surface area contributed by atoms with Crippen LogP contribution in [-0.4, -0.2) is 22.8 Å². The first kappa shape index (κ1) is 9.61. The molecule has 0 aromatic rings. The van der Waals surface area contributed by atoms with Crippen molar-refractivity contribution in [2.45, 2.75) is 16.8 Å². The summed E-state index contributed by atoms with van der Waals surface area (Å²) in [6, 6.07) is 0. The Morgan fingerprint density at radius 2 is 1.78 bits per heavy atom. The number of hydrogen-bond donors (Lipinski definition) is 3. The molecule has 0 fully saturated rings. The van der Waals surface area contributed by atoms with Crippen molar-refractivity contribution in [2.75, 3.05) is 0 Å². The van der Waals surface area contributed by atoms with Crippen molar-refractivity contribution < 1.29 is 13.0 Å². The van der Waals surface area contributed by atoms with Crippen LogP contribution in [0.15, 0.2) is 0 Å². The van der Waals surface area contributed by atoms with Gasteiger partial charge in [0.25, 0.3) is 10.1 Å². The van der Waals surface area contributed by atoms with E-state index in [-0.39, 0.29) is 0 Å². The van der Waals surface area contributed by atoms with Crippen LogP contribution in [0, 0.1) is 0 Å². The highest BCUT2D eigenvalue weighted by atomic mass is 32.3. The van der Waals surface area contributed by atoms with E-state index in [0.29, 0.717) is 0 Å². The van der Waals surface area contributed by atoms with Gasteiger partial charge in [-0.2, -0.15) is 33.7 Å². The van der Waals surface area contributed by atoms with E-state index in [9.17, 15) is 8.42 Å². The monoisotopic (exact) mass is 188 g/mol. The Kier molecular flexibility index (Phi) is 3.35. The van der Waals surface area contributed by atoms with Gasteiger partial charge in [0.15, 0.2) is 0 Å². The minimum atomic E-state index is -4.01. The maximum atomic E-state index is 10.2. The Labute approximate surface area is 65.4 Å². The summed E-state index contributed by atoms with van der Waals surface area (Å²) in [7, 11) is -4.01. The summed E-state index contributed by atoms with van der Waals surface area (Å²) in [6.45, 7) is 1.54. The van der Waals surface area contributed by atoms with Gasteiger partial charge in [-0.05, 0) is 0 Å². The Bertz CT molecular complexity index is 171. The molecule has 3 nitrogen and oxygen atoms in total. The molecule has 56 valence electrons. The fourth-order valence-corrected chi connectivity index (χ4v) is 1.21. The van der Waals surface area contributed by atoms with Crippen LogP contribution in [0.25, 0.3) is 0 Å². The lowest BCUT2D eigenvalue weighted by atomic mass is 10.5. The summed E-state index contributed by atoms with van der Waals surface area (Å²) in [4.78, 5) is 0. The van der Waals surface area contributed by atoms with E-state index in [0.717, 1.165) is 0 Å². The molecule has 0 aromatic heterocycles. The quantitative estimate of drug-likeness (QED) is 0.435. The Morgan fingerprint density at radius 3 is 1.78 bits per heavy atom. The second-order valence-electron chi connectivity index (χ2n) is 1.65. The number of thiol groups is 2. The molecule has 0 saturated carbocycles. The predicted octanol–water partition coefficient (Wildman–Crippen LogP) is 0.448. The largest absolute Gasteiger partial charge is 0.285 e. The third-order valence-electron chi connectivity index (χ3n) is 0.718. The first-order chi connectivity index (χ1) is 3.85. The van der Waals surface area contributed by atoms with E-state index >= 15 is 0 Å². The third-order valence-corrected chi connectivity index (χ3v) is 3.72. The standard InChI is InChI=1S/C3H8O3S3/c1-2(7)3(8)9(4,5)6/h2-3,7-8H,1H3,(H,4,5,6). The molecule has 2 atom stereocenters. The lowest BCUT2D eigenvalue weighted by molar-refractivity contribution is 0.480. The first-order valence-corrected chi connectivity index (χ1v) is 4.71. The average Bonchev–Trinajstić information content (AvgIpc) is 1.62. The molecule has 0 heterocycles. The molecule has 1 N–H and O–H groups in total. The summed E-state index contributed by atoms with van der Waals surface area (Å²) in [5.74, 6) is 0. The van der Waals surface area contributed by atoms with Crippen LogP contribution in [0.1, 0.15) is 6.92 Å². The van der Waals surface area contributed by atoms with Gasteiger partial charge in [0, 0.05) is 5.25 Å².